The average Bonchev–Trinajstić information content (AvgIpc) is 3.16. The lowest BCUT2D eigenvalue weighted by molar-refractivity contribution is -0.113. The smallest absolute Gasteiger partial charge is 0.271 e. The normalized spacial score (nSPS) is 17.0. The Kier molecular flexibility index (Phi) is 5.81. The average molecular weight is 532 g/mol. The van der Waals surface area contributed by atoms with Crippen LogP contribution >= 0.6 is 43.6 Å². The summed E-state index contributed by atoms with van der Waals surface area (Å²) in [5.74, 6) is 0.460. The lowest BCUT2D eigenvalue weighted by Crippen LogP contribution is -2.29. The molecule has 1 aliphatic heterocycles. The highest BCUT2D eigenvalue weighted by molar-refractivity contribution is 9.13. The molecule has 7 heteroatoms. The number of hydrogen-bond acceptors (Lipinski definition) is 4. The number of thioether (sulfide) groups is 1. The van der Waals surface area contributed by atoms with Crippen molar-refractivity contribution in [2.24, 2.45) is 4.99 Å². The first-order chi connectivity index (χ1) is 13.9. The van der Waals surface area contributed by atoms with Crippen molar-refractivity contribution >= 4 is 72.1 Å². The van der Waals surface area contributed by atoms with E-state index in [1.807, 2.05) is 68.4 Å². The fourth-order valence-corrected chi connectivity index (χ4v) is 4.51. The molecule has 1 amide bonds. The van der Waals surface area contributed by atoms with Gasteiger partial charge in [-0.3, -0.25) is 9.69 Å². The third-order valence-electron chi connectivity index (χ3n) is 4.43. The monoisotopic (exact) mass is 530 g/mol. The van der Waals surface area contributed by atoms with Crippen molar-refractivity contribution in [1.82, 2.24) is 0 Å². The standard InChI is InChI=1S/C22H16Br2N2O2S/c1-13-7-3-5-9-17(13)25-22-26(18-10-6-4-8-14(18)2)21(27)19(29-22)12-15-11-16(23)20(24)28-15/h3-12H,1-2H3/b19-12-,25-22?. The first-order valence-corrected chi connectivity index (χ1v) is 11.2. The number of anilines is 1. The van der Waals surface area contributed by atoms with Crippen molar-refractivity contribution < 1.29 is 9.21 Å². The summed E-state index contributed by atoms with van der Waals surface area (Å²) in [6.07, 6.45) is 1.74. The maximum absolute atomic E-state index is 13.3. The summed E-state index contributed by atoms with van der Waals surface area (Å²) in [7, 11) is 0. The predicted octanol–water partition coefficient (Wildman–Crippen LogP) is 7.23. The molecule has 0 atom stereocenters. The SMILES string of the molecule is Cc1ccccc1N=C1S/C(=C\c2cc(Br)c(Br)o2)C(=O)N1c1ccccc1C. The van der Waals surface area contributed by atoms with Gasteiger partial charge in [-0.2, -0.15) is 0 Å². The first-order valence-electron chi connectivity index (χ1n) is 8.83. The lowest BCUT2D eigenvalue weighted by atomic mass is 10.2. The molecule has 1 saturated heterocycles. The van der Waals surface area contributed by atoms with Crippen molar-refractivity contribution in [3.8, 4) is 0 Å². The Morgan fingerprint density at radius 3 is 2.38 bits per heavy atom. The summed E-state index contributed by atoms with van der Waals surface area (Å²) >= 11 is 8.08. The number of halogens is 2. The fraction of sp³-hybridized carbons (Fsp3) is 0.0909. The van der Waals surface area contributed by atoms with Crippen LogP contribution in [0.4, 0.5) is 11.4 Å². The van der Waals surface area contributed by atoms with Gasteiger partial charge < -0.3 is 4.42 Å². The quantitative estimate of drug-likeness (QED) is 0.335. The number of amides is 1. The molecule has 1 aromatic heterocycles. The van der Waals surface area contributed by atoms with Crippen LogP contribution in [0.3, 0.4) is 0 Å². The molecule has 1 fully saturated rings. The third-order valence-corrected chi connectivity index (χ3v) is 7.11. The van der Waals surface area contributed by atoms with E-state index >= 15 is 0 Å². The topological polar surface area (TPSA) is 45.8 Å². The third kappa shape index (κ3) is 4.13. The van der Waals surface area contributed by atoms with Gasteiger partial charge in [-0.15, -0.1) is 0 Å². The minimum atomic E-state index is -0.125. The number of carbonyl (C=O) groups is 1. The van der Waals surface area contributed by atoms with Crippen LogP contribution in [0.5, 0.6) is 0 Å². The van der Waals surface area contributed by atoms with E-state index in [4.69, 9.17) is 9.41 Å². The van der Waals surface area contributed by atoms with E-state index in [9.17, 15) is 4.79 Å². The zero-order chi connectivity index (χ0) is 20.5. The zero-order valence-corrected chi connectivity index (χ0v) is 19.6. The molecule has 0 bridgehead atoms. The number of carbonyl (C=O) groups excluding carboxylic acids is 1. The van der Waals surface area contributed by atoms with Gasteiger partial charge in [0.15, 0.2) is 9.84 Å². The molecule has 3 aromatic rings. The van der Waals surface area contributed by atoms with E-state index in [1.165, 1.54) is 11.8 Å². The number of aliphatic imine (C=N–C) groups is 1. The van der Waals surface area contributed by atoms with Gasteiger partial charge in [0.25, 0.3) is 5.91 Å². The molecule has 0 N–H and O–H groups in total. The van der Waals surface area contributed by atoms with E-state index in [1.54, 1.807) is 11.0 Å². The molecular formula is C22H16Br2N2O2S. The highest BCUT2D eigenvalue weighted by Crippen LogP contribution is 2.39. The molecule has 4 rings (SSSR count). The predicted molar refractivity (Wildman–Crippen MR) is 127 cm³/mol. The van der Waals surface area contributed by atoms with Crippen molar-refractivity contribution in [2.75, 3.05) is 4.90 Å². The van der Waals surface area contributed by atoms with Crippen LogP contribution < -0.4 is 4.90 Å². The number of nitrogens with zero attached hydrogens (tertiary/aromatic N) is 2. The number of para-hydroxylation sites is 2. The van der Waals surface area contributed by atoms with Crippen LogP contribution in [0.1, 0.15) is 16.9 Å². The number of rotatable bonds is 3. The van der Waals surface area contributed by atoms with Gasteiger partial charge in [0.1, 0.15) is 5.76 Å². The fourth-order valence-electron chi connectivity index (χ4n) is 2.93. The Morgan fingerprint density at radius 2 is 1.72 bits per heavy atom. The van der Waals surface area contributed by atoms with Crippen LogP contribution in [-0.4, -0.2) is 11.1 Å². The maximum atomic E-state index is 13.3. The van der Waals surface area contributed by atoms with Gasteiger partial charge in [0, 0.05) is 6.08 Å². The zero-order valence-electron chi connectivity index (χ0n) is 15.6. The summed E-state index contributed by atoms with van der Waals surface area (Å²) in [6.45, 7) is 3.99. The van der Waals surface area contributed by atoms with Gasteiger partial charge in [-0.05, 0) is 86.8 Å². The van der Waals surface area contributed by atoms with E-state index < -0.39 is 0 Å². The molecule has 29 heavy (non-hydrogen) atoms. The molecule has 0 saturated carbocycles. The Morgan fingerprint density at radius 1 is 1.03 bits per heavy atom. The molecule has 0 radical (unpaired) electrons. The molecule has 0 spiro atoms. The molecule has 4 nitrogen and oxygen atoms in total. The van der Waals surface area contributed by atoms with Gasteiger partial charge >= 0.3 is 0 Å². The second kappa shape index (κ2) is 8.34. The summed E-state index contributed by atoms with van der Waals surface area (Å²) < 4.78 is 7.01. The van der Waals surface area contributed by atoms with E-state index in [0.717, 1.165) is 27.0 Å². The number of hydrogen-bond donors (Lipinski definition) is 0. The number of furan rings is 1. The van der Waals surface area contributed by atoms with Crippen molar-refractivity contribution in [1.29, 1.82) is 0 Å². The summed E-state index contributed by atoms with van der Waals surface area (Å²) in [4.78, 5) is 20.4. The second-order valence-electron chi connectivity index (χ2n) is 6.49. The molecule has 2 aromatic carbocycles. The molecule has 0 aliphatic carbocycles. The van der Waals surface area contributed by atoms with E-state index in [-0.39, 0.29) is 5.91 Å². The Bertz CT molecular complexity index is 1150. The molecule has 0 unspecified atom stereocenters. The van der Waals surface area contributed by atoms with Crippen LogP contribution in [0.25, 0.3) is 6.08 Å². The highest BCUT2D eigenvalue weighted by atomic mass is 79.9. The van der Waals surface area contributed by atoms with Crippen LogP contribution in [0.2, 0.25) is 0 Å². The Balaban J connectivity index is 1.82. The van der Waals surface area contributed by atoms with Gasteiger partial charge in [-0.25, -0.2) is 4.99 Å². The molecule has 1 aliphatic rings. The number of amidine groups is 1. The van der Waals surface area contributed by atoms with Gasteiger partial charge in [-0.1, -0.05) is 36.4 Å². The summed E-state index contributed by atoms with van der Waals surface area (Å²) in [5, 5.41) is 0.620. The van der Waals surface area contributed by atoms with Crippen molar-refractivity contribution in [2.45, 2.75) is 13.8 Å². The second-order valence-corrected chi connectivity index (χ2v) is 9.07. The molecule has 146 valence electrons. The number of aryl methyl sites for hydroxylation is 2. The van der Waals surface area contributed by atoms with E-state index in [0.29, 0.717) is 20.5 Å². The molecular weight excluding hydrogens is 516 g/mol. The number of benzene rings is 2. The minimum absolute atomic E-state index is 0.125. The van der Waals surface area contributed by atoms with Crippen molar-refractivity contribution in [3.05, 3.63) is 85.5 Å². The minimum Gasteiger partial charge on any atom is -0.449 e. The first kappa shape index (κ1) is 20.2. The van der Waals surface area contributed by atoms with Crippen molar-refractivity contribution in [3.63, 3.8) is 0 Å². The van der Waals surface area contributed by atoms with Crippen LogP contribution in [0.15, 0.2) is 78.1 Å². The largest absolute Gasteiger partial charge is 0.449 e. The van der Waals surface area contributed by atoms with E-state index in [2.05, 4.69) is 31.9 Å². The lowest BCUT2D eigenvalue weighted by Gasteiger charge is -2.18. The molecule has 2 heterocycles. The van der Waals surface area contributed by atoms with Gasteiger partial charge in [0.2, 0.25) is 0 Å². The van der Waals surface area contributed by atoms with Crippen LogP contribution in [0, 0.1) is 13.8 Å². The maximum Gasteiger partial charge on any atom is 0.271 e. The highest BCUT2D eigenvalue weighted by Gasteiger charge is 2.35. The Hall–Kier alpha value is -2.09. The Labute approximate surface area is 190 Å². The summed E-state index contributed by atoms with van der Waals surface area (Å²) in [6, 6.07) is 17.5. The van der Waals surface area contributed by atoms with Crippen LogP contribution in [-0.2, 0) is 4.79 Å². The summed E-state index contributed by atoms with van der Waals surface area (Å²) in [5.41, 5.74) is 3.71. The van der Waals surface area contributed by atoms with Gasteiger partial charge in [0.05, 0.1) is 20.8 Å².